The van der Waals surface area contributed by atoms with E-state index in [0.717, 1.165) is 6.42 Å². The summed E-state index contributed by atoms with van der Waals surface area (Å²) in [6, 6.07) is 74.6. The van der Waals surface area contributed by atoms with Crippen molar-refractivity contribution in [3.05, 3.63) is 238 Å². The second-order valence-electron chi connectivity index (χ2n) is 14.8. The van der Waals surface area contributed by atoms with Gasteiger partial charge in [-0.2, -0.15) is 0 Å². The van der Waals surface area contributed by atoms with Crippen molar-refractivity contribution in [1.82, 2.24) is 0 Å². The van der Waals surface area contributed by atoms with Crippen LogP contribution >= 0.6 is 11.3 Å². The fourth-order valence-corrected chi connectivity index (χ4v) is 10.9. The molecule has 1 heterocycles. The van der Waals surface area contributed by atoms with E-state index >= 15 is 0 Å². The van der Waals surface area contributed by atoms with Crippen molar-refractivity contribution >= 4 is 21.4 Å². The first kappa shape index (κ1) is 31.3. The Hall–Kier alpha value is -6.28. The molecule has 254 valence electrons. The highest BCUT2D eigenvalue weighted by Crippen LogP contribution is 2.66. The monoisotopic (exact) mass is 704 g/mol. The Kier molecular flexibility index (Phi) is 7.18. The van der Waals surface area contributed by atoms with Gasteiger partial charge in [-0.3, -0.25) is 0 Å². The lowest BCUT2D eigenvalue weighted by Gasteiger charge is -2.30. The van der Waals surface area contributed by atoms with E-state index in [0.29, 0.717) is 0 Å². The summed E-state index contributed by atoms with van der Waals surface area (Å²) >= 11 is 1.98. The van der Waals surface area contributed by atoms with E-state index in [1.807, 2.05) is 11.3 Å². The third kappa shape index (κ3) is 4.68. The first-order valence-corrected chi connectivity index (χ1v) is 19.7. The highest BCUT2D eigenvalue weighted by Gasteiger charge is 2.53. The summed E-state index contributed by atoms with van der Waals surface area (Å²) in [5.41, 5.74) is 18.4. The Morgan fingerprint density at radius 2 is 0.944 bits per heavy atom. The van der Waals surface area contributed by atoms with Gasteiger partial charge in [-0.1, -0.05) is 194 Å². The smallest absolute Gasteiger partial charge is 0.0819 e. The van der Waals surface area contributed by atoms with Gasteiger partial charge < -0.3 is 0 Å². The molecule has 2 aliphatic rings. The van der Waals surface area contributed by atoms with Crippen LogP contribution in [-0.2, 0) is 11.8 Å². The predicted octanol–water partition coefficient (Wildman–Crippen LogP) is 14.0. The molecule has 2 aliphatic carbocycles. The van der Waals surface area contributed by atoms with Gasteiger partial charge in [-0.05, 0) is 84.8 Å². The van der Waals surface area contributed by atoms with Crippen LogP contribution in [0.15, 0.2) is 200 Å². The molecule has 0 nitrogen and oxygen atoms in total. The first-order chi connectivity index (χ1) is 26.8. The lowest BCUT2D eigenvalue weighted by Crippen LogP contribution is -2.25. The average Bonchev–Trinajstić information content (AvgIpc) is 3.87. The Balaban J connectivity index is 1.03. The van der Waals surface area contributed by atoms with Gasteiger partial charge in [0.15, 0.2) is 0 Å². The molecule has 1 unspecified atom stereocenters. The van der Waals surface area contributed by atoms with Crippen LogP contribution in [0.3, 0.4) is 0 Å². The maximum atomic E-state index is 2.58. The zero-order valence-corrected chi connectivity index (χ0v) is 30.6. The van der Waals surface area contributed by atoms with Crippen LogP contribution < -0.4 is 0 Å². The highest BCUT2D eigenvalue weighted by atomic mass is 32.1. The molecular weight excluding hydrogens is 669 g/mol. The van der Waals surface area contributed by atoms with Crippen molar-refractivity contribution in [3.8, 4) is 44.5 Å². The maximum absolute atomic E-state index is 2.58. The molecule has 1 atom stereocenters. The van der Waals surface area contributed by atoms with Crippen LogP contribution in [0.2, 0.25) is 0 Å². The number of benzene rings is 8. The second-order valence-corrected chi connectivity index (χ2v) is 15.8. The molecule has 1 spiro atoms. The minimum atomic E-state index is -0.351. The minimum absolute atomic E-state index is 0.201. The number of hydrogen-bond acceptors (Lipinski definition) is 1. The highest BCUT2D eigenvalue weighted by molar-refractivity contribution is 7.20. The molecule has 0 fully saturated rings. The van der Waals surface area contributed by atoms with Gasteiger partial charge in [-0.15, -0.1) is 11.3 Å². The SMILES string of the molecule is c1ccc(-c2ccc(-c3ccc(CC(c4ccccc4)c4ccc5c(c4)C4(c6ccccc6-c6ccccc64)c4sc6ccccc6c4-5)cc3)cc2)cc1. The topological polar surface area (TPSA) is 0 Å². The molecule has 1 aromatic heterocycles. The summed E-state index contributed by atoms with van der Waals surface area (Å²) < 4.78 is 1.36. The third-order valence-corrected chi connectivity index (χ3v) is 13.2. The van der Waals surface area contributed by atoms with Crippen molar-refractivity contribution in [3.63, 3.8) is 0 Å². The third-order valence-electron chi connectivity index (χ3n) is 11.9. The summed E-state index contributed by atoms with van der Waals surface area (Å²) in [6.45, 7) is 0. The minimum Gasteiger partial charge on any atom is -0.138 e. The molecule has 0 aliphatic heterocycles. The largest absolute Gasteiger partial charge is 0.138 e. The Morgan fingerprint density at radius 3 is 1.61 bits per heavy atom. The van der Waals surface area contributed by atoms with Crippen molar-refractivity contribution in [2.24, 2.45) is 0 Å². The molecule has 0 amide bonds. The summed E-state index contributed by atoms with van der Waals surface area (Å²) in [6.07, 6.45) is 0.918. The van der Waals surface area contributed by atoms with Gasteiger partial charge in [0.25, 0.3) is 0 Å². The molecule has 9 aromatic rings. The molecule has 1 heteroatoms. The molecule has 0 saturated carbocycles. The first-order valence-electron chi connectivity index (χ1n) is 18.9. The quantitative estimate of drug-likeness (QED) is 0.162. The Bertz CT molecular complexity index is 2780. The molecule has 0 saturated heterocycles. The fraction of sp³-hybridized carbons (Fsp3) is 0.0566. The van der Waals surface area contributed by atoms with Crippen molar-refractivity contribution in [1.29, 1.82) is 0 Å². The maximum Gasteiger partial charge on any atom is 0.0819 e. The Labute approximate surface area is 320 Å². The molecule has 11 rings (SSSR count). The molecule has 54 heavy (non-hydrogen) atoms. The number of thiophene rings is 1. The van der Waals surface area contributed by atoms with E-state index in [1.165, 1.54) is 92.9 Å². The zero-order chi connectivity index (χ0) is 35.6. The van der Waals surface area contributed by atoms with E-state index in [2.05, 4.69) is 200 Å². The summed E-state index contributed by atoms with van der Waals surface area (Å²) in [5, 5.41) is 1.36. The van der Waals surface area contributed by atoms with Crippen molar-refractivity contribution in [2.75, 3.05) is 0 Å². The van der Waals surface area contributed by atoms with E-state index in [-0.39, 0.29) is 11.3 Å². The van der Waals surface area contributed by atoms with Crippen LogP contribution in [0.4, 0.5) is 0 Å². The van der Waals surface area contributed by atoms with E-state index in [1.54, 1.807) is 0 Å². The summed E-state index contributed by atoms with van der Waals surface area (Å²) in [4.78, 5) is 1.46. The van der Waals surface area contributed by atoms with Gasteiger partial charge in [0, 0.05) is 26.4 Å². The van der Waals surface area contributed by atoms with E-state index < -0.39 is 0 Å². The van der Waals surface area contributed by atoms with Gasteiger partial charge in [0.05, 0.1) is 5.41 Å². The fourth-order valence-electron chi connectivity index (χ4n) is 9.44. The lowest BCUT2D eigenvalue weighted by molar-refractivity contribution is 0.782. The Morgan fingerprint density at radius 1 is 0.407 bits per heavy atom. The number of fused-ring (bicyclic) bond motifs is 12. The zero-order valence-electron chi connectivity index (χ0n) is 29.7. The van der Waals surface area contributed by atoms with Gasteiger partial charge in [0.2, 0.25) is 0 Å². The van der Waals surface area contributed by atoms with Crippen molar-refractivity contribution < 1.29 is 0 Å². The standard InChI is InChI=1S/C53H36S/c1-3-13-36(14-4-1)38-27-29-39(30-28-38)37-25-23-35(24-26-37)33-46(40-15-5-2-6-16-40)41-31-32-44-49(34-41)53(52-51(44)45-19-9-12-22-50(45)54-52)47-20-10-7-17-42(47)43-18-8-11-21-48(43)53/h1-32,34,46H,33H2. The number of rotatable bonds is 6. The van der Waals surface area contributed by atoms with Crippen LogP contribution in [0.25, 0.3) is 54.6 Å². The molecular formula is C53H36S. The summed E-state index contributed by atoms with van der Waals surface area (Å²) in [5.74, 6) is 0.201. The van der Waals surface area contributed by atoms with Crippen molar-refractivity contribution in [2.45, 2.75) is 17.8 Å². The lowest BCUT2D eigenvalue weighted by atomic mass is 9.72. The molecule has 0 N–H and O–H groups in total. The van der Waals surface area contributed by atoms with Gasteiger partial charge in [0.1, 0.15) is 0 Å². The normalized spacial score (nSPS) is 13.7. The van der Waals surface area contributed by atoms with Crippen LogP contribution in [0.1, 0.15) is 44.2 Å². The molecule has 0 radical (unpaired) electrons. The molecule has 8 aromatic carbocycles. The second kappa shape index (κ2) is 12.4. The van der Waals surface area contributed by atoms with Crippen LogP contribution in [-0.4, -0.2) is 0 Å². The average molecular weight is 705 g/mol. The van der Waals surface area contributed by atoms with Crippen LogP contribution in [0.5, 0.6) is 0 Å². The van der Waals surface area contributed by atoms with Crippen LogP contribution in [0, 0.1) is 0 Å². The van der Waals surface area contributed by atoms with Gasteiger partial charge >= 0.3 is 0 Å². The van der Waals surface area contributed by atoms with E-state index in [4.69, 9.17) is 0 Å². The van der Waals surface area contributed by atoms with E-state index in [9.17, 15) is 0 Å². The number of hydrogen-bond donors (Lipinski definition) is 0. The predicted molar refractivity (Wildman–Crippen MR) is 227 cm³/mol. The van der Waals surface area contributed by atoms with Gasteiger partial charge in [-0.25, -0.2) is 0 Å². The molecule has 0 bridgehead atoms. The summed E-state index contributed by atoms with van der Waals surface area (Å²) in [7, 11) is 0.